The van der Waals surface area contributed by atoms with Crippen LogP contribution in [0.25, 0.3) is 121 Å². The first kappa shape index (κ1) is 37.9. The van der Waals surface area contributed by atoms with Crippen molar-refractivity contribution >= 4 is 65.2 Å². The molecule has 13 aromatic rings. The third kappa shape index (κ3) is 5.45. The van der Waals surface area contributed by atoms with Crippen LogP contribution in [0.4, 0.5) is 0 Å². The molecule has 2 heteroatoms. The second-order valence-electron chi connectivity index (χ2n) is 18.8. The van der Waals surface area contributed by atoms with Gasteiger partial charge in [0, 0.05) is 38.3 Å². The van der Waals surface area contributed by atoms with E-state index in [1.165, 1.54) is 121 Å². The Bertz CT molecular complexity index is 4070. The van der Waals surface area contributed by atoms with Gasteiger partial charge in [-0.25, -0.2) is 0 Å². The molecule has 67 heavy (non-hydrogen) atoms. The summed E-state index contributed by atoms with van der Waals surface area (Å²) in [5.41, 5.74) is 19.7. The van der Waals surface area contributed by atoms with Gasteiger partial charge in [0.2, 0.25) is 0 Å². The topological polar surface area (TPSA) is 9.86 Å². The molecule has 2 nitrogen and oxygen atoms in total. The Morgan fingerprint density at radius 2 is 0.701 bits per heavy atom. The van der Waals surface area contributed by atoms with Gasteiger partial charge in [-0.3, -0.25) is 0 Å². The van der Waals surface area contributed by atoms with Crippen LogP contribution in [-0.4, -0.2) is 9.13 Å². The number of aromatic nitrogens is 2. The van der Waals surface area contributed by atoms with E-state index >= 15 is 0 Å². The van der Waals surface area contributed by atoms with Gasteiger partial charge in [-0.1, -0.05) is 190 Å². The van der Waals surface area contributed by atoms with Gasteiger partial charge in [0.15, 0.2) is 0 Å². The van der Waals surface area contributed by atoms with Crippen LogP contribution < -0.4 is 0 Å². The second kappa shape index (κ2) is 14.3. The molecule has 0 N–H and O–H groups in total. The van der Waals surface area contributed by atoms with Gasteiger partial charge < -0.3 is 9.13 Å². The van der Waals surface area contributed by atoms with Crippen molar-refractivity contribution in [3.8, 4) is 55.9 Å². The fourth-order valence-electron chi connectivity index (χ4n) is 11.9. The number of fused-ring (bicyclic) bond motifs is 11. The summed E-state index contributed by atoms with van der Waals surface area (Å²) in [6, 6.07) is 85.9. The summed E-state index contributed by atoms with van der Waals surface area (Å²) in [6.07, 6.45) is 0. The molecule has 0 saturated heterocycles. The van der Waals surface area contributed by atoms with Crippen LogP contribution in [0, 0.1) is 0 Å². The van der Waals surface area contributed by atoms with Crippen LogP contribution in [0.3, 0.4) is 0 Å². The van der Waals surface area contributed by atoms with E-state index in [1.807, 2.05) is 0 Å². The first-order valence-electron chi connectivity index (χ1n) is 23.4. The van der Waals surface area contributed by atoms with Crippen molar-refractivity contribution in [3.63, 3.8) is 0 Å². The van der Waals surface area contributed by atoms with E-state index in [2.05, 4.69) is 254 Å². The maximum absolute atomic E-state index is 2.47. The summed E-state index contributed by atoms with van der Waals surface area (Å²) >= 11 is 0. The van der Waals surface area contributed by atoms with Crippen LogP contribution in [0.1, 0.15) is 25.0 Å². The van der Waals surface area contributed by atoms with Crippen LogP contribution in [-0.2, 0) is 5.41 Å². The molecule has 314 valence electrons. The Labute approximate surface area is 389 Å². The van der Waals surface area contributed by atoms with Gasteiger partial charge in [-0.15, -0.1) is 0 Å². The molecular weight excluding hydrogens is 809 g/mol. The minimum Gasteiger partial charge on any atom is -0.309 e. The number of rotatable bonds is 5. The zero-order valence-electron chi connectivity index (χ0n) is 37.3. The van der Waals surface area contributed by atoms with Crippen LogP contribution in [0.15, 0.2) is 231 Å². The molecule has 1 aliphatic carbocycles. The summed E-state index contributed by atoms with van der Waals surface area (Å²) < 4.78 is 4.91. The molecule has 0 radical (unpaired) electrons. The van der Waals surface area contributed by atoms with E-state index in [0.29, 0.717) is 0 Å². The second-order valence-corrected chi connectivity index (χ2v) is 18.8. The Hall–Kier alpha value is -8.46. The third-order valence-electron chi connectivity index (χ3n) is 14.9. The minimum atomic E-state index is -0.117. The molecule has 0 saturated carbocycles. The fourth-order valence-corrected chi connectivity index (χ4v) is 11.9. The highest BCUT2D eigenvalue weighted by Gasteiger charge is 2.35. The third-order valence-corrected chi connectivity index (χ3v) is 14.9. The highest BCUT2D eigenvalue weighted by Crippen LogP contribution is 2.52. The standard InChI is InChI=1S/C65H44N2/c1-65(2)57-27-13-8-21-46(57)47-35-32-42(38-58(47)65)45-20-6-7-26-52(45)64-54-37-34-43(66-59-28-14-9-22-48(59)49-23-10-15-29-60(49)66)39-55(54)63(41-18-4-3-5-19-41)53-36-33-44(40-56(53)64)67-61-30-16-11-24-50(61)51-25-12-17-31-62(51)67/h3-40H,1-2H3. The first-order chi connectivity index (χ1) is 33.0. The Morgan fingerprint density at radius 3 is 1.27 bits per heavy atom. The Kier molecular flexibility index (Phi) is 8.06. The maximum Gasteiger partial charge on any atom is 0.0541 e. The van der Waals surface area contributed by atoms with E-state index < -0.39 is 0 Å². The lowest BCUT2D eigenvalue weighted by molar-refractivity contribution is 0.660. The quantitative estimate of drug-likeness (QED) is 0.153. The number of benzene rings is 11. The number of nitrogens with zero attached hydrogens (tertiary/aromatic N) is 2. The van der Waals surface area contributed by atoms with Crippen molar-refractivity contribution in [2.75, 3.05) is 0 Å². The molecule has 11 aromatic carbocycles. The van der Waals surface area contributed by atoms with Gasteiger partial charge in [0.05, 0.1) is 22.1 Å². The van der Waals surface area contributed by atoms with E-state index in [-0.39, 0.29) is 5.41 Å². The predicted octanol–water partition coefficient (Wildman–Crippen LogP) is 17.5. The van der Waals surface area contributed by atoms with Crippen LogP contribution in [0.5, 0.6) is 0 Å². The smallest absolute Gasteiger partial charge is 0.0541 e. The normalized spacial score (nSPS) is 13.0. The van der Waals surface area contributed by atoms with Gasteiger partial charge in [-0.05, 0) is 132 Å². The fraction of sp³-hybridized carbons (Fsp3) is 0.0462. The average Bonchev–Trinajstić information content (AvgIpc) is 3.98. The molecule has 0 unspecified atom stereocenters. The summed E-state index contributed by atoms with van der Waals surface area (Å²) in [5.74, 6) is 0. The monoisotopic (exact) mass is 852 g/mol. The number of hydrogen-bond acceptors (Lipinski definition) is 0. The molecule has 0 fully saturated rings. The lowest BCUT2D eigenvalue weighted by atomic mass is 9.80. The summed E-state index contributed by atoms with van der Waals surface area (Å²) in [4.78, 5) is 0. The molecule has 0 atom stereocenters. The molecule has 0 bridgehead atoms. The summed E-state index contributed by atoms with van der Waals surface area (Å²) in [7, 11) is 0. The highest BCUT2D eigenvalue weighted by molar-refractivity contribution is 6.23. The molecular formula is C65H44N2. The number of hydrogen-bond donors (Lipinski definition) is 0. The zero-order valence-corrected chi connectivity index (χ0v) is 37.3. The zero-order chi connectivity index (χ0) is 44.4. The van der Waals surface area contributed by atoms with Crippen molar-refractivity contribution in [1.29, 1.82) is 0 Å². The van der Waals surface area contributed by atoms with Gasteiger partial charge >= 0.3 is 0 Å². The largest absolute Gasteiger partial charge is 0.309 e. The molecule has 1 aliphatic rings. The molecule has 0 spiro atoms. The molecule has 0 amide bonds. The SMILES string of the molecule is CC1(C)c2ccccc2-c2ccc(-c3ccccc3-c3c4ccc(-n5c6ccccc6c6ccccc65)cc4c(-c4ccccc4)c4ccc(-n5c6ccccc6c6ccccc65)cc34)cc21. The van der Waals surface area contributed by atoms with Gasteiger partial charge in [-0.2, -0.15) is 0 Å². The van der Waals surface area contributed by atoms with E-state index in [1.54, 1.807) is 0 Å². The maximum atomic E-state index is 2.47. The van der Waals surface area contributed by atoms with Crippen LogP contribution >= 0.6 is 0 Å². The molecule has 14 rings (SSSR count). The first-order valence-corrected chi connectivity index (χ1v) is 23.4. The Morgan fingerprint density at radius 1 is 0.269 bits per heavy atom. The van der Waals surface area contributed by atoms with Crippen molar-refractivity contribution in [2.24, 2.45) is 0 Å². The highest BCUT2D eigenvalue weighted by atomic mass is 15.0. The predicted molar refractivity (Wildman–Crippen MR) is 284 cm³/mol. The number of para-hydroxylation sites is 4. The van der Waals surface area contributed by atoms with Gasteiger partial charge in [0.25, 0.3) is 0 Å². The lowest BCUT2D eigenvalue weighted by Gasteiger charge is -2.23. The van der Waals surface area contributed by atoms with E-state index in [0.717, 1.165) is 11.4 Å². The van der Waals surface area contributed by atoms with Crippen molar-refractivity contribution in [1.82, 2.24) is 9.13 Å². The molecule has 2 heterocycles. The van der Waals surface area contributed by atoms with Gasteiger partial charge in [0.1, 0.15) is 0 Å². The lowest BCUT2D eigenvalue weighted by Crippen LogP contribution is -2.14. The van der Waals surface area contributed by atoms with E-state index in [4.69, 9.17) is 0 Å². The van der Waals surface area contributed by atoms with Crippen LogP contribution in [0.2, 0.25) is 0 Å². The van der Waals surface area contributed by atoms with Crippen molar-refractivity contribution < 1.29 is 0 Å². The van der Waals surface area contributed by atoms with Crippen molar-refractivity contribution in [2.45, 2.75) is 19.3 Å². The average molecular weight is 853 g/mol. The molecule has 2 aromatic heterocycles. The summed E-state index contributed by atoms with van der Waals surface area (Å²) in [5, 5.41) is 9.91. The minimum absolute atomic E-state index is 0.117. The summed E-state index contributed by atoms with van der Waals surface area (Å²) in [6.45, 7) is 4.75. The Balaban J connectivity index is 1.11. The van der Waals surface area contributed by atoms with Crippen molar-refractivity contribution in [3.05, 3.63) is 242 Å². The van der Waals surface area contributed by atoms with E-state index in [9.17, 15) is 0 Å². The molecule has 0 aliphatic heterocycles.